The molecule has 1 heteroatoms. The first kappa shape index (κ1) is 30.0. The van der Waals surface area contributed by atoms with Gasteiger partial charge in [-0.3, -0.25) is 0 Å². The van der Waals surface area contributed by atoms with Gasteiger partial charge in [0.05, 0.1) is 11.0 Å². The second-order valence-electron chi connectivity index (χ2n) is 15.8. The summed E-state index contributed by atoms with van der Waals surface area (Å²) < 4.78 is 2.58. The molecule has 0 radical (unpaired) electrons. The predicted molar refractivity (Wildman–Crippen MR) is 212 cm³/mol. The molecule has 0 N–H and O–H groups in total. The van der Waals surface area contributed by atoms with E-state index in [4.69, 9.17) is 0 Å². The highest BCUT2D eigenvalue weighted by molar-refractivity contribution is 6.21. The maximum atomic E-state index is 2.58. The molecule has 0 unspecified atom stereocenters. The number of aromatic nitrogens is 1. The lowest BCUT2D eigenvalue weighted by Crippen LogP contribution is -2.16. The van der Waals surface area contributed by atoms with E-state index in [-0.39, 0.29) is 5.41 Å². The van der Waals surface area contributed by atoms with Crippen molar-refractivity contribution in [2.75, 3.05) is 0 Å². The molecule has 0 spiro atoms. The van der Waals surface area contributed by atoms with Crippen molar-refractivity contribution in [1.82, 2.24) is 4.57 Å². The molecule has 0 atom stereocenters. The molecular weight excluding hydrogens is 603 g/mol. The normalized spacial score (nSPS) is 17.9. The summed E-state index contributed by atoms with van der Waals surface area (Å²) in [6.45, 7) is 7.21. The highest BCUT2D eigenvalue weighted by Crippen LogP contribution is 2.55. The van der Waals surface area contributed by atoms with E-state index in [1.165, 1.54) is 122 Å². The van der Waals surface area contributed by atoms with Crippen LogP contribution in [-0.2, 0) is 5.41 Å². The van der Waals surface area contributed by atoms with Gasteiger partial charge >= 0.3 is 0 Å². The molecule has 0 aliphatic heterocycles. The largest absolute Gasteiger partial charge is 0.309 e. The molecule has 0 bridgehead atoms. The molecule has 2 fully saturated rings. The van der Waals surface area contributed by atoms with Gasteiger partial charge in [0.1, 0.15) is 0 Å². The Balaban J connectivity index is 1.27. The van der Waals surface area contributed by atoms with E-state index in [9.17, 15) is 0 Å². The second kappa shape index (κ2) is 11.3. The minimum Gasteiger partial charge on any atom is -0.309 e. The third-order valence-corrected chi connectivity index (χ3v) is 12.7. The number of hydrogen-bond donors (Lipinski definition) is 0. The van der Waals surface area contributed by atoms with Gasteiger partial charge in [-0.25, -0.2) is 0 Å². The van der Waals surface area contributed by atoms with Crippen LogP contribution < -0.4 is 0 Å². The van der Waals surface area contributed by atoms with Crippen molar-refractivity contribution >= 4 is 33.0 Å². The minimum atomic E-state index is -0.0114. The summed E-state index contributed by atoms with van der Waals surface area (Å²) in [5, 5.41) is 2.87. The number of allylic oxidation sites excluding steroid dienone is 5. The van der Waals surface area contributed by atoms with Crippen LogP contribution in [0.1, 0.15) is 105 Å². The number of benzene rings is 5. The summed E-state index contributed by atoms with van der Waals surface area (Å²) in [5.41, 5.74) is 21.4. The highest BCUT2D eigenvalue weighted by atomic mass is 15.0. The van der Waals surface area contributed by atoms with Crippen molar-refractivity contribution in [3.8, 4) is 16.8 Å². The number of aryl methyl sites for hydroxylation is 1. The van der Waals surface area contributed by atoms with Gasteiger partial charge in [-0.2, -0.15) is 0 Å². The Hall–Kier alpha value is -4.88. The van der Waals surface area contributed by atoms with E-state index < -0.39 is 0 Å². The number of hydrogen-bond acceptors (Lipinski definition) is 0. The lowest BCUT2D eigenvalue weighted by atomic mass is 9.76. The van der Waals surface area contributed by atoms with Gasteiger partial charge in [-0.1, -0.05) is 117 Å². The molecular formula is C49H45N. The quantitative estimate of drug-likeness (QED) is 0.175. The zero-order valence-corrected chi connectivity index (χ0v) is 29.7. The molecule has 0 saturated heterocycles. The molecule has 10 rings (SSSR count). The van der Waals surface area contributed by atoms with E-state index in [1.54, 1.807) is 11.1 Å². The van der Waals surface area contributed by atoms with Crippen LogP contribution >= 0.6 is 0 Å². The Kier molecular flexibility index (Phi) is 6.79. The number of rotatable bonds is 5. The maximum Gasteiger partial charge on any atom is 0.0547 e. The molecule has 1 heterocycles. The van der Waals surface area contributed by atoms with Crippen LogP contribution in [0.4, 0.5) is 0 Å². The lowest BCUT2D eigenvalue weighted by Gasteiger charge is -2.28. The molecule has 50 heavy (non-hydrogen) atoms. The van der Waals surface area contributed by atoms with Gasteiger partial charge in [0, 0.05) is 21.9 Å². The van der Waals surface area contributed by atoms with Crippen LogP contribution in [0.2, 0.25) is 0 Å². The van der Waals surface area contributed by atoms with Gasteiger partial charge in [-0.05, 0) is 143 Å². The fourth-order valence-electron chi connectivity index (χ4n) is 9.77. The SMILES string of the molecule is Cc1ccc2c(c1-c1ccccc1C1CCC1)c1c3c(ccc1n2-c1ccc(C(=C2CCC2)c2ccccc2)cc1)C(C)(C)C1=C3CCC=C1. The van der Waals surface area contributed by atoms with E-state index in [0.717, 1.165) is 12.8 Å². The first-order chi connectivity index (χ1) is 24.5. The zero-order valence-electron chi connectivity index (χ0n) is 29.7. The summed E-state index contributed by atoms with van der Waals surface area (Å²) in [6, 6.07) is 39.6. The van der Waals surface area contributed by atoms with Crippen LogP contribution in [0, 0.1) is 6.92 Å². The van der Waals surface area contributed by atoms with Crippen LogP contribution in [0.3, 0.4) is 0 Å². The molecule has 5 aromatic carbocycles. The van der Waals surface area contributed by atoms with Gasteiger partial charge in [0.15, 0.2) is 0 Å². The van der Waals surface area contributed by atoms with Gasteiger partial charge in [0.2, 0.25) is 0 Å². The first-order valence-electron chi connectivity index (χ1n) is 19.0. The van der Waals surface area contributed by atoms with Gasteiger partial charge in [-0.15, -0.1) is 0 Å². The summed E-state index contributed by atoms with van der Waals surface area (Å²) in [6.07, 6.45) is 14.7. The van der Waals surface area contributed by atoms with Crippen molar-refractivity contribution in [3.63, 3.8) is 0 Å². The standard InChI is InChI=1S/C49H45N/c1-31-23-29-42-47(44(31)38-20-8-7-19-37(38)32-15-11-16-32)48-43(30-28-41-46(48)39-21-9-10-22-40(39)49(41,2)3)50(42)36-26-24-35(25-27-36)45(34-17-12-18-34)33-13-5-4-6-14-33/h4-8,10,13-14,19-20,22-30,32H,9,11-12,15-18,21H2,1-3H3. The Bertz CT molecular complexity index is 2430. The Morgan fingerprint density at radius 3 is 2.10 bits per heavy atom. The Labute approximate surface area is 296 Å². The highest BCUT2D eigenvalue weighted by Gasteiger charge is 2.39. The maximum absolute atomic E-state index is 2.58. The van der Waals surface area contributed by atoms with Crippen LogP contribution in [-0.4, -0.2) is 4.57 Å². The van der Waals surface area contributed by atoms with Crippen molar-refractivity contribution in [2.45, 2.75) is 83.5 Å². The molecule has 4 aliphatic rings. The monoisotopic (exact) mass is 647 g/mol. The fourth-order valence-corrected chi connectivity index (χ4v) is 9.77. The number of fused-ring (bicyclic) bond motifs is 6. The molecule has 1 aromatic heterocycles. The lowest BCUT2D eigenvalue weighted by molar-refractivity contribution is 0.420. The molecule has 2 saturated carbocycles. The summed E-state index contributed by atoms with van der Waals surface area (Å²) in [7, 11) is 0. The first-order valence-corrected chi connectivity index (χ1v) is 19.0. The Morgan fingerprint density at radius 2 is 1.38 bits per heavy atom. The van der Waals surface area contributed by atoms with Crippen molar-refractivity contribution in [1.29, 1.82) is 0 Å². The molecule has 6 aromatic rings. The molecule has 0 amide bonds. The predicted octanol–water partition coefficient (Wildman–Crippen LogP) is 13.4. The van der Waals surface area contributed by atoms with E-state index >= 15 is 0 Å². The van der Waals surface area contributed by atoms with Crippen molar-refractivity contribution < 1.29 is 0 Å². The van der Waals surface area contributed by atoms with Crippen molar-refractivity contribution in [3.05, 3.63) is 160 Å². The molecule has 4 aliphatic carbocycles. The van der Waals surface area contributed by atoms with Crippen LogP contribution in [0.15, 0.2) is 126 Å². The smallest absolute Gasteiger partial charge is 0.0547 e. The summed E-state index contributed by atoms with van der Waals surface area (Å²) in [4.78, 5) is 0. The van der Waals surface area contributed by atoms with Crippen LogP contribution in [0.5, 0.6) is 0 Å². The molecule has 246 valence electrons. The molecule has 1 nitrogen and oxygen atoms in total. The number of nitrogens with zero attached hydrogens (tertiary/aromatic N) is 1. The summed E-state index contributed by atoms with van der Waals surface area (Å²) in [5.74, 6) is 0.660. The summed E-state index contributed by atoms with van der Waals surface area (Å²) >= 11 is 0. The average Bonchev–Trinajstić information content (AvgIpc) is 3.55. The third kappa shape index (κ3) is 4.32. The third-order valence-electron chi connectivity index (χ3n) is 12.7. The van der Waals surface area contributed by atoms with Gasteiger partial charge < -0.3 is 4.57 Å². The Morgan fingerprint density at radius 1 is 0.680 bits per heavy atom. The second-order valence-corrected chi connectivity index (χ2v) is 15.8. The van der Waals surface area contributed by atoms with E-state index in [1.807, 2.05) is 0 Å². The van der Waals surface area contributed by atoms with Crippen molar-refractivity contribution in [2.24, 2.45) is 0 Å². The minimum absolute atomic E-state index is 0.0114. The van der Waals surface area contributed by atoms with Gasteiger partial charge in [0.25, 0.3) is 0 Å². The average molecular weight is 648 g/mol. The van der Waals surface area contributed by atoms with Crippen LogP contribution in [0.25, 0.3) is 49.8 Å². The fraction of sp³-hybridized carbons (Fsp3) is 0.265. The zero-order chi connectivity index (χ0) is 33.6. The van der Waals surface area contributed by atoms with E-state index in [2.05, 4.69) is 141 Å². The topological polar surface area (TPSA) is 4.93 Å². The van der Waals surface area contributed by atoms with E-state index in [0.29, 0.717) is 5.92 Å².